The topological polar surface area (TPSA) is 102 Å². The van der Waals surface area contributed by atoms with Gasteiger partial charge < -0.3 is 14.8 Å². The van der Waals surface area contributed by atoms with Crippen LogP contribution in [-0.2, 0) is 24.3 Å². The summed E-state index contributed by atoms with van der Waals surface area (Å²) in [5.74, 6) is -0.868. The first-order chi connectivity index (χ1) is 13.7. The van der Waals surface area contributed by atoms with Crippen LogP contribution < -0.4 is 5.32 Å². The molecule has 0 spiro atoms. The van der Waals surface area contributed by atoms with E-state index in [9.17, 15) is 18.0 Å². The number of methoxy groups -OCH3 is 1. The van der Waals surface area contributed by atoms with Crippen molar-refractivity contribution in [2.24, 2.45) is 0 Å². The first kappa shape index (κ1) is 21.7. The van der Waals surface area contributed by atoms with Crippen LogP contribution in [0.1, 0.15) is 49.9 Å². The largest absolute Gasteiger partial charge is 0.467 e. The summed E-state index contributed by atoms with van der Waals surface area (Å²) >= 11 is 0. The zero-order valence-electron chi connectivity index (χ0n) is 17.0. The lowest BCUT2D eigenvalue weighted by molar-refractivity contribution is -0.148. The predicted molar refractivity (Wildman–Crippen MR) is 106 cm³/mol. The average Bonchev–Trinajstić information content (AvgIpc) is 3.16. The molecule has 1 aliphatic carbocycles. The highest BCUT2D eigenvalue weighted by molar-refractivity contribution is 7.89. The second-order valence-electron chi connectivity index (χ2n) is 7.84. The van der Waals surface area contributed by atoms with Gasteiger partial charge in [0.05, 0.1) is 24.2 Å². The maximum absolute atomic E-state index is 12.9. The second kappa shape index (κ2) is 8.41. The van der Waals surface area contributed by atoms with Crippen LogP contribution in [-0.4, -0.2) is 62.5 Å². The monoisotopic (exact) mass is 424 g/mol. The second-order valence-corrected chi connectivity index (χ2v) is 9.78. The van der Waals surface area contributed by atoms with E-state index in [2.05, 4.69) is 5.32 Å². The summed E-state index contributed by atoms with van der Waals surface area (Å²) in [7, 11) is -2.37. The molecule has 3 rings (SSSR count). The summed E-state index contributed by atoms with van der Waals surface area (Å²) in [5, 5.41) is 2.80. The van der Waals surface area contributed by atoms with E-state index in [0.717, 1.165) is 12.8 Å². The number of esters is 1. The number of rotatable bonds is 5. The molecule has 1 saturated carbocycles. The minimum atomic E-state index is -3.67. The van der Waals surface area contributed by atoms with Crippen LogP contribution in [0.5, 0.6) is 0 Å². The van der Waals surface area contributed by atoms with Crippen molar-refractivity contribution in [3.05, 3.63) is 29.8 Å². The van der Waals surface area contributed by atoms with E-state index >= 15 is 0 Å². The van der Waals surface area contributed by atoms with Crippen LogP contribution in [0.3, 0.4) is 0 Å². The Morgan fingerprint density at radius 2 is 1.66 bits per heavy atom. The number of hydrogen-bond acceptors (Lipinski definition) is 6. The Morgan fingerprint density at radius 1 is 1.10 bits per heavy atom. The van der Waals surface area contributed by atoms with Crippen molar-refractivity contribution in [2.45, 2.75) is 62.2 Å². The van der Waals surface area contributed by atoms with E-state index < -0.39 is 27.4 Å². The van der Waals surface area contributed by atoms with Gasteiger partial charge in [-0.15, -0.1) is 0 Å². The van der Waals surface area contributed by atoms with Crippen molar-refractivity contribution < 1.29 is 27.5 Å². The Morgan fingerprint density at radius 3 is 2.17 bits per heavy atom. The van der Waals surface area contributed by atoms with E-state index in [1.165, 1.54) is 35.7 Å². The van der Waals surface area contributed by atoms with Crippen molar-refractivity contribution in [1.29, 1.82) is 0 Å². The zero-order valence-corrected chi connectivity index (χ0v) is 17.8. The Labute approximate surface area is 171 Å². The third kappa shape index (κ3) is 4.46. The molecule has 0 aromatic heterocycles. The van der Waals surface area contributed by atoms with E-state index in [-0.39, 0.29) is 30.2 Å². The Bertz CT molecular complexity index is 851. The highest BCUT2D eigenvalue weighted by atomic mass is 32.2. The van der Waals surface area contributed by atoms with Gasteiger partial charge in [0.25, 0.3) is 5.91 Å². The zero-order chi connectivity index (χ0) is 21.2. The fourth-order valence-electron chi connectivity index (χ4n) is 4.10. The number of carbonyl (C=O) groups is 2. The Hall–Kier alpha value is -1.97. The molecule has 29 heavy (non-hydrogen) atoms. The summed E-state index contributed by atoms with van der Waals surface area (Å²) in [6.45, 7) is 4.25. The number of ether oxygens (including phenoxy) is 2. The molecule has 1 aromatic carbocycles. The third-order valence-electron chi connectivity index (χ3n) is 5.53. The molecule has 8 nitrogen and oxygen atoms in total. The van der Waals surface area contributed by atoms with Gasteiger partial charge in [-0.1, -0.05) is 12.8 Å². The highest BCUT2D eigenvalue weighted by Crippen LogP contribution is 2.31. The molecule has 2 aliphatic rings. The summed E-state index contributed by atoms with van der Waals surface area (Å²) in [6, 6.07) is 5.79. The first-order valence-corrected chi connectivity index (χ1v) is 11.3. The van der Waals surface area contributed by atoms with E-state index in [0.29, 0.717) is 18.4 Å². The van der Waals surface area contributed by atoms with Crippen LogP contribution in [0.2, 0.25) is 0 Å². The molecule has 1 aromatic rings. The highest BCUT2D eigenvalue weighted by Gasteiger charge is 2.43. The van der Waals surface area contributed by atoms with Crippen LogP contribution in [0, 0.1) is 0 Å². The Balaban J connectivity index is 1.75. The lowest BCUT2D eigenvalue weighted by atomic mass is 9.97. The summed E-state index contributed by atoms with van der Waals surface area (Å²) < 4.78 is 37.7. The third-order valence-corrected chi connectivity index (χ3v) is 7.37. The van der Waals surface area contributed by atoms with Gasteiger partial charge in [0, 0.05) is 18.7 Å². The van der Waals surface area contributed by atoms with Gasteiger partial charge in [-0.3, -0.25) is 4.79 Å². The summed E-state index contributed by atoms with van der Waals surface area (Å²) in [5.41, 5.74) is -0.709. The predicted octanol–water partition coefficient (Wildman–Crippen LogP) is 1.70. The molecule has 1 heterocycles. The quantitative estimate of drug-likeness (QED) is 0.722. The van der Waals surface area contributed by atoms with Gasteiger partial charge in [-0.25, -0.2) is 13.2 Å². The SMILES string of the molecule is COC(=O)C1(NC(=O)c2ccc(S(=O)(=O)N3CC(C)OC(C)C3)cc2)CCCC1. The number of benzene rings is 1. The summed E-state index contributed by atoms with van der Waals surface area (Å²) in [4.78, 5) is 25.0. The lowest BCUT2D eigenvalue weighted by Gasteiger charge is -2.34. The number of nitrogens with one attached hydrogen (secondary N) is 1. The minimum absolute atomic E-state index is 0.124. The average molecular weight is 425 g/mol. The number of carbonyl (C=O) groups excluding carboxylic acids is 2. The number of hydrogen-bond donors (Lipinski definition) is 1. The fourth-order valence-corrected chi connectivity index (χ4v) is 5.69. The molecule has 2 unspecified atom stereocenters. The van der Waals surface area contributed by atoms with Gasteiger partial charge in [0.2, 0.25) is 10.0 Å². The maximum Gasteiger partial charge on any atom is 0.331 e. The first-order valence-electron chi connectivity index (χ1n) is 9.84. The number of sulfonamides is 1. The molecule has 0 bridgehead atoms. The number of morpholine rings is 1. The van der Waals surface area contributed by atoms with Crippen molar-refractivity contribution in [2.75, 3.05) is 20.2 Å². The molecule has 0 radical (unpaired) electrons. The standard InChI is InChI=1S/C20H28N2O6S/c1-14-12-22(13-15(2)28-14)29(25,26)17-8-6-16(7-9-17)18(23)21-20(19(24)27-3)10-4-5-11-20/h6-9,14-15H,4-5,10-13H2,1-3H3,(H,21,23). The van der Waals surface area contributed by atoms with E-state index in [4.69, 9.17) is 9.47 Å². The van der Waals surface area contributed by atoms with Gasteiger partial charge in [-0.2, -0.15) is 4.31 Å². The molecular weight excluding hydrogens is 396 g/mol. The van der Waals surface area contributed by atoms with Crippen molar-refractivity contribution in [3.63, 3.8) is 0 Å². The smallest absolute Gasteiger partial charge is 0.331 e. The van der Waals surface area contributed by atoms with Crippen molar-refractivity contribution in [1.82, 2.24) is 9.62 Å². The van der Waals surface area contributed by atoms with Gasteiger partial charge in [-0.05, 0) is 51.0 Å². The van der Waals surface area contributed by atoms with Crippen LogP contribution in [0.4, 0.5) is 0 Å². The van der Waals surface area contributed by atoms with Crippen molar-refractivity contribution in [3.8, 4) is 0 Å². The molecule has 1 saturated heterocycles. The van der Waals surface area contributed by atoms with E-state index in [1.54, 1.807) is 0 Å². The maximum atomic E-state index is 12.9. The number of amides is 1. The molecule has 1 amide bonds. The molecule has 9 heteroatoms. The molecule has 1 aliphatic heterocycles. The minimum Gasteiger partial charge on any atom is -0.467 e. The van der Waals surface area contributed by atoms with Gasteiger partial charge in [0.1, 0.15) is 5.54 Å². The molecular formula is C20H28N2O6S. The summed E-state index contributed by atoms with van der Waals surface area (Å²) in [6.07, 6.45) is 2.38. The van der Waals surface area contributed by atoms with Crippen molar-refractivity contribution >= 4 is 21.9 Å². The lowest BCUT2D eigenvalue weighted by Crippen LogP contribution is -2.53. The van der Waals surface area contributed by atoms with Crippen LogP contribution in [0.25, 0.3) is 0 Å². The number of nitrogens with zero attached hydrogens (tertiary/aromatic N) is 1. The Kier molecular flexibility index (Phi) is 6.30. The normalized spacial score (nSPS) is 24.8. The molecule has 160 valence electrons. The van der Waals surface area contributed by atoms with E-state index in [1.807, 2.05) is 13.8 Å². The van der Waals surface area contributed by atoms with Gasteiger partial charge in [0.15, 0.2) is 0 Å². The molecule has 2 fully saturated rings. The fraction of sp³-hybridized carbons (Fsp3) is 0.600. The molecule has 2 atom stereocenters. The van der Waals surface area contributed by atoms with Crippen LogP contribution >= 0.6 is 0 Å². The van der Waals surface area contributed by atoms with Gasteiger partial charge >= 0.3 is 5.97 Å². The van der Waals surface area contributed by atoms with Crippen LogP contribution in [0.15, 0.2) is 29.2 Å². The molecule has 1 N–H and O–H groups in total.